The Labute approximate surface area is 121 Å². The lowest BCUT2D eigenvalue weighted by Crippen LogP contribution is -2.48. The molecule has 0 aromatic carbocycles. The number of carbonyl (C=O) groups is 3. The average Bonchev–Trinajstić information content (AvgIpc) is 2.39. The van der Waals surface area contributed by atoms with Gasteiger partial charge >= 0.3 is 0 Å². The van der Waals surface area contributed by atoms with Crippen molar-refractivity contribution in [3.63, 3.8) is 0 Å². The third-order valence-corrected chi connectivity index (χ3v) is 3.52. The Kier molecular flexibility index (Phi) is 4.93. The van der Waals surface area contributed by atoms with Crippen LogP contribution in [0, 0.1) is 0 Å². The number of ketones is 3. The molecule has 0 bridgehead atoms. The lowest BCUT2D eigenvalue weighted by atomic mass is 9.73. The molecule has 7 heteroatoms. The molecular formula is C14H17NO6. The van der Waals surface area contributed by atoms with E-state index in [0.29, 0.717) is 0 Å². The summed E-state index contributed by atoms with van der Waals surface area (Å²) in [5.74, 6) is -2.95. The number of pyridine rings is 1. The zero-order valence-corrected chi connectivity index (χ0v) is 12.0. The fourth-order valence-electron chi connectivity index (χ4n) is 2.41. The SMILES string of the molecule is CC(=O)C(C(C)=O)(C(C)=O)c1ncc(CO)c(CO)c1O. The van der Waals surface area contributed by atoms with Gasteiger partial charge in [0.2, 0.25) is 0 Å². The number of aromatic hydroxyl groups is 1. The standard InChI is InChI=1S/C14H17NO6/c1-7(18)14(8(2)19,9(3)20)13-12(21)11(6-17)10(5-16)4-15-13/h4,16-17,21H,5-6H2,1-3H3. The zero-order valence-electron chi connectivity index (χ0n) is 12.0. The maximum atomic E-state index is 12.0. The minimum absolute atomic E-state index is 0.0735. The number of rotatable bonds is 6. The Morgan fingerprint density at radius 1 is 1.05 bits per heavy atom. The van der Waals surface area contributed by atoms with E-state index in [1.54, 1.807) is 0 Å². The van der Waals surface area contributed by atoms with Crippen LogP contribution in [-0.4, -0.2) is 37.7 Å². The predicted molar refractivity (Wildman–Crippen MR) is 71.5 cm³/mol. The summed E-state index contributed by atoms with van der Waals surface area (Å²) in [4.78, 5) is 39.7. The van der Waals surface area contributed by atoms with E-state index in [1.165, 1.54) is 0 Å². The van der Waals surface area contributed by atoms with Gasteiger partial charge in [-0.25, -0.2) is 0 Å². The number of Topliss-reactive ketones (excluding diaryl/α,β-unsaturated/α-hetero) is 3. The van der Waals surface area contributed by atoms with Crippen LogP contribution in [0.5, 0.6) is 5.75 Å². The van der Waals surface area contributed by atoms with Crippen LogP contribution in [0.4, 0.5) is 0 Å². The normalized spacial score (nSPS) is 11.3. The zero-order chi connectivity index (χ0) is 16.4. The summed E-state index contributed by atoms with van der Waals surface area (Å²) in [6, 6.07) is 0. The Balaban J connectivity index is 3.81. The molecule has 0 aliphatic rings. The van der Waals surface area contributed by atoms with Gasteiger partial charge in [0.25, 0.3) is 0 Å². The van der Waals surface area contributed by atoms with Crippen molar-refractivity contribution in [2.45, 2.75) is 39.4 Å². The fourth-order valence-corrected chi connectivity index (χ4v) is 2.41. The van der Waals surface area contributed by atoms with E-state index in [0.717, 1.165) is 27.0 Å². The van der Waals surface area contributed by atoms with Crippen molar-refractivity contribution >= 4 is 17.3 Å². The lowest BCUT2D eigenvalue weighted by Gasteiger charge is -2.26. The van der Waals surface area contributed by atoms with Gasteiger partial charge in [-0.05, 0) is 20.8 Å². The first-order chi connectivity index (χ1) is 9.74. The van der Waals surface area contributed by atoms with Crippen molar-refractivity contribution in [2.75, 3.05) is 0 Å². The van der Waals surface area contributed by atoms with Crippen LogP contribution in [-0.2, 0) is 33.0 Å². The second-order valence-corrected chi connectivity index (χ2v) is 4.69. The quantitative estimate of drug-likeness (QED) is 0.619. The second-order valence-electron chi connectivity index (χ2n) is 4.69. The fraction of sp³-hybridized carbons (Fsp3) is 0.429. The van der Waals surface area contributed by atoms with E-state index in [-0.39, 0.29) is 11.1 Å². The molecule has 1 rings (SSSR count). The van der Waals surface area contributed by atoms with Gasteiger partial charge in [0.15, 0.2) is 22.8 Å². The van der Waals surface area contributed by atoms with Crippen LogP contribution in [0.15, 0.2) is 6.20 Å². The highest BCUT2D eigenvalue weighted by atomic mass is 16.3. The molecule has 0 aliphatic heterocycles. The Morgan fingerprint density at radius 2 is 1.52 bits per heavy atom. The maximum Gasteiger partial charge on any atom is 0.190 e. The van der Waals surface area contributed by atoms with Gasteiger partial charge in [0, 0.05) is 17.3 Å². The monoisotopic (exact) mass is 295 g/mol. The van der Waals surface area contributed by atoms with Crippen molar-refractivity contribution in [1.29, 1.82) is 0 Å². The summed E-state index contributed by atoms with van der Waals surface area (Å²) in [6.45, 7) is 2.04. The van der Waals surface area contributed by atoms with E-state index in [4.69, 9.17) is 5.11 Å². The molecule has 21 heavy (non-hydrogen) atoms. The Hall–Kier alpha value is -2.12. The summed E-state index contributed by atoms with van der Waals surface area (Å²) in [6.07, 6.45) is 1.12. The average molecular weight is 295 g/mol. The summed E-state index contributed by atoms with van der Waals surface area (Å²) < 4.78 is 0. The van der Waals surface area contributed by atoms with Crippen LogP contribution in [0.2, 0.25) is 0 Å². The van der Waals surface area contributed by atoms with Gasteiger partial charge in [-0.2, -0.15) is 0 Å². The van der Waals surface area contributed by atoms with Gasteiger partial charge in [-0.3, -0.25) is 19.4 Å². The maximum absolute atomic E-state index is 12.0. The van der Waals surface area contributed by atoms with Crippen molar-refractivity contribution in [2.24, 2.45) is 0 Å². The molecule has 1 aromatic rings. The van der Waals surface area contributed by atoms with Gasteiger partial charge in [-0.1, -0.05) is 0 Å². The highest BCUT2D eigenvalue weighted by Crippen LogP contribution is 2.36. The first kappa shape index (κ1) is 16.9. The minimum Gasteiger partial charge on any atom is -0.506 e. The van der Waals surface area contributed by atoms with Gasteiger partial charge < -0.3 is 15.3 Å². The highest BCUT2D eigenvalue weighted by Gasteiger charge is 2.50. The predicted octanol–water partition coefficient (Wildman–Crippen LogP) is -0.223. The van der Waals surface area contributed by atoms with Crippen LogP contribution in [0.25, 0.3) is 0 Å². The molecule has 7 nitrogen and oxygen atoms in total. The van der Waals surface area contributed by atoms with Crippen LogP contribution < -0.4 is 0 Å². The number of hydrogen-bond donors (Lipinski definition) is 3. The van der Waals surface area contributed by atoms with Crippen LogP contribution in [0.1, 0.15) is 37.6 Å². The first-order valence-electron chi connectivity index (χ1n) is 6.20. The molecule has 3 N–H and O–H groups in total. The summed E-state index contributed by atoms with van der Waals surface area (Å²) in [5.41, 5.74) is -2.56. The van der Waals surface area contributed by atoms with Crippen molar-refractivity contribution < 1.29 is 29.7 Å². The van der Waals surface area contributed by atoms with Crippen LogP contribution in [0.3, 0.4) is 0 Å². The molecule has 0 atom stereocenters. The van der Waals surface area contributed by atoms with E-state index in [2.05, 4.69) is 4.98 Å². The van der Waals surface area contributed by atoms with E-state index < -0.39 is 47.4 Å². The van der Waals surface area contributed by atoms with Gasteiger partial charge in [-0.15, -0.1) is 0 Å². The molecule has 0 radical (unpaired) electrons. The van der Waals surface area contributed by atoms with E-state index in [9.17, 15) is 24.6 Å². The lowest BCUT2D eigenvalue weighted by molar-refractivity contribution is -0.140. The third-order valence-electron chi connectivity index (χ3n) is 3.52. The molecule has 114 valence electrons. The summed E-state index contributed by atoms with van der Waals surface area (Å²) >= 11 is 0. The first-order valence-corrected chi connectivity index (χ1v) is 6.20. The largest absolute Gasteiger partial charge is 0.506 e. The molecule has 1 aromatic heterocycles. The summed E-state index contributed by atoms with van der Waals surface area (Å²) in [5, 5.41) is 28.6. The number of hydrogen-bond acceptors (Lipinski definition) is 7. The summed E-state index contributed by atoms with van der Waals surface area (Å²) in [7, 11) is 0. The van der Waals surface area contributed by atoms with Gasteiger partial charge in [0.05, 0.1) is 13.2 Å². The van der Waals surface area contributed by atoms with E-state index >= 15 is 0 Å². The van der Waals surface area contributed by atoms with Crippen molar-refractivity contribution in [1.82, 2.24) is 4.98 Å². The minimum atomic E-state index is -2.21. The Morgan fingerprint density at radius 3 is 1.86 bits per heavy atom. The second kappa shape index (κ2) is 6.11. The number of carbonyl (C=O) groups excluding carboxylic acids is 3. The van der Waals surface area contributed by atoms with Crippen LogP contribution >= 0.6 is 0 Å². The molecule has 0 fully saturated rings. The third kappa shape index (κ3) is 2.45. The molecule has 0 saturated heterocycles. The number of nitrogens with zero attached hydrogens (tertiary/aromatic N) is 1. The van der Waals surface area contributed by atoms with Crippen molar-refractivity contribution in [3.05, 3.63) is 23.0 Å². The molecule has 0 amide bonds. The smallest absolute Gasteiger partial charge is 0.190 e. The topological polar surface area (TPSA) is 125 Å². The number of aliphatic hydroxyl groups is 2. The molecule has 0 aliphatic carbocycles. The molecule has 1 heterocycles. The van der Waals surface area contributed by atoms with Gasteiger partial charge in [0.1, 0.15) is 11.4 Å². The molecule has 0 saturated carbocycles. The van der Waals surface area contributed by atoms with Crippen molar-refractivity contribution in [3.8, 4) is 5.75 Å². The molecular weight excluding hydrogens is 278 g/mol. The number of aliphatic hydroxyl groups excluding tert-OH is 2. The molecule has 0 spiro atoms. The molecule has 0 unspecified atom stereocenters. The van der Waals surface area contributed by atoms with E-state index in [1.807, 2.05) is 0 Å². The highest BCUT2D eigenvalue weighted by molar-refractivity contribution is 6.28. The number of aromatic nitrogens is 1. The Bertz CT molecular complexity index is 572.